The highest BCUT2D eigenvalue weighted by Crippen LogP contribution is 2.65. The van der Waals surface area contributed by atoms with Gasteiger partial charge in [0.1, 0.15) is 0 Å². The number of hydrogen-bond donors (Lipinski definition) is 1. The summed E-state index contributed by atoms with van der Waals surface area (Å²) in [5, 5.41) is 10.4. The van der Waals surface area contributed by atoms with E-state index in [0.717, 1.165) is 48.5 Å². The van der Waals surface area contributed by atoms with Crippen LogP contribution in [0.2, 0.25) is 0 Å². The van der Waals surface area contributed by atoms with Crippen molar-refractivity contribution in [2.75, 3.05) is 0 Å². The maximum atomic E-state index is 10.4. The molecule has 1 heteroatoms. The van der Waals surface area contributed by atoms with Gasteiger partial charge in [0, 0.05) is 0 Å². The Hall–Kier alpha value is -0.820. The van der Waals surface area contributed by atoms with Crippen LogP contribution in [0.3, 0.4) is 0 Å². The largest absolute Gasteiger partial charge is 0.389 e. The Morgan fingerprint density at radius 3 is 2.43 bits per heavy atom. The third-order valence-corrected chi connectivity index (χ3v) is 10.5. The van der Waals surface area contributed by atoms with E-state index in [1.807, 2.05) is 0 Å². The van der Waals surface area contributed by atoms with Gasteiger partial charge in [-0.3, -0.25) is 0 Å². The van der Waals surface area contributed by atoms with Crippen molar-refractivity contribution in [3.8, 4) is 0 Å². The zero-order valence-electron chi connectivity index (χ0n) is 20.5. The SMILES string of the molecule is C=C1[C@@H](O)CC[C@@]2(C)[C@H]1CC=C1C3=CC[C@H]([C@H](C)CC[C@@H](C)C(C)C)[C@@]3(C)CC[C@@H]12. The molecule has 0 aromatic heterocycles. The Labute approximate surface area is 186 Å². The molecule has 4 aliphatic rings. The molecule has 1 nitrogen and oxygen atoms in total. The number of fused-ring (bicyclic) bond motifs is 5. The van der Waals surface area contributed by atoms with Crippen LogP contribution in [0.1, 0.15) is 92.9 Å². The average Bonchev–Trinajstić information content (AvgIpc) is 3.06. The second kappa shape index (κ2) is 7.95. The molecule has 0 bridgehead atoms. The molecule has 0 saturated heterocycles. The molecule has 4 aliphatic carbocycles. The Kier molecular flexibility index (Phi) is 5.93. The lowest BCUT2D eigenvalue weighted by Crippen LogP contribution is -2.49. The van der Waals surface area contributed by atoms with Gasteiger partial charge in [-0.1, -0.05) is 73.1 Å². The first-order valence-corrected chi connectivity index (χ1v) is 12.9. The van der Waals surface area contributed by atoms with Crippen molar-refractivity contribution in [1.82, 2.24) is 0 Å². The van der Waals surface area contributed by atoms with Crippen molar-refractivity contribution in [2.45, 2.75) is 99.0 Å². The zero-order valence-corrected chi connectivity index (χ0v) is 20.5. The van der Waals surface area contributed by atoms with E-state index in [4.69, 9.17) is 0 Å². The van der Waals surface area contributed by atoms with Crippen molar-refractivity contribution in [2.24, 2.45) is 46.3 Å². The maximum Gasteiger partial charge on any atom is 0.0750 e. The molecule has 30 heavy (non-hydrogen) atoms. The molecule has 0 aromatic carbocycles. The lowest BCUT2D eigenvalue weighted by atomic mass is 9.48. The van der Waals surface area contributed by atoms with E-state index in [1.165, 1.54) is 32.1 Å². The third kappa shape index (κ3) is 3.39. The molecule has 0 aromatic rings. The van der Waals surface area contributed by atoms with Crippen LogP contribution in [0.15, 0.2) is 35.5 Å². The van der Waals surface area contributed by atoms with Gasteiger partial charge < -0.3 is 5.11 Å². The van der Waals surface area contributed by atoms with Crippen LogP contribution in [-0.2, 0) is 0 Å². The number of rotatable bonds is 5. The molecule has 2 fully saturated rings. The van der Waals surface area contributed by atoms with Gasteiger partial charge in [0.25, 0.3) is 0 Å². The molecule has 1 N–H and O–H groups in total. The van der Waals surface area contributed by atoms with Crippen LogP contribution in [0.4, 0.5) is 0 Å². The van der Waals surface area contributed by atoms with E-state index >= 15 is 0 Å². The summed E-state index contributed by atoms with van der Waals surface area (Å²) < 4.78 is 0. The molecule has 0 amide bonds. The quantitative estimate of drug-likeness (QED) is 0.460. The normalized spacial score (nSPS) is 42.7. The van der Waals surface area contributed by atoms with Crippen LogP contribution in [0, 0.1) is 46.3 Å². The molecule has 8 atom stereocenters. The van der Waals surface area contributed by atoms with Crippen molar-refractivity contribution in [3.63, 3.8) is 0 Å². The maximum absolute atomic E-state index is 10.4. The highest BCUT2D eigenvalue weighted by atomic mass is 16.3. The lowest BCUT2D eigenvalue weighted by molar-refractivity contribution is 0.0148. The Morgan fingerprint density at radius 1 is 1.00 bits per heavy atom. The molecule has 0 heterocycles. The fourth-order valence-corrected chi connectivity index (χ4v) is 7.90. The van der Waals surface area contributed by atoms with Crippen LogP contribution < -0.4 is 0 Å². The Balaban J connectivity index is 1.53. The van der Waals surface area contributed by atoms with E-state index in [9.17, 15) is 5.11 Å². The fourth-order valence-electron chi connectivity index (χ4n) is 7.90. The second-order valence-corrected chi connectivity index (χ2v) is 12.3. The van der Waals surface area contributed by atoms with E-state index in [0.29, 0.717) is 22.7 Å². The Bertz CT molecular complexity index is 741. The summed E-state index contributed by atoms with van der Waals surface area (Å²) in [4.78, 5) is 0. The average molecular weight is 411 g/mol. The van der Waals surface area contributed by atoms with Gasteiger partial charge in [-0.05, 0) is 102 Å². The highest BCUT2D eigenvalue weighted by molar-refractivity contribution is 5.47. The van der Waals surface area contributed by atoms with E-state index in [2.05, 4.69) is 60.3 Å². The first kappa shape index (κ1) is 22.4. The van der Waals surface area contributed by atoms with Gasteiger partial charge in [-0.15, -0.1) is 0 Å². The first-order valence-electron chi connectivity index (χ1n) is 12.9. The molecule has 0 unspecified atom stereocenters. The molecular weight excluding hydrogens is 364 g/mol. The van der Waals surface area contributed by atoms with Crippen molar-refractivity contribution in [3.05, 3.63) is 35.5 Å². The van der Waals surface area contributed by atoms with Gasteiger partial charge in [0.05, 0.1) is 6.10 Å². The number of aliphatic hydroxyl groups excluding tert-OH is 1. The minimum atomic E-state index is -0.281. The van der Waals surface area contributed by atoms with E-state index in [-0.39, 0.29) is 6.10 Å². The summed E-state index contributed by atoms with van der Waals surface area (Å²) in [6, 6.07) is 0. The highest BCUT2D eigenvalue weighted by Gasteiger charge is 2.56. The smallest absolute Gasteiger partial charge is 0.0750 e. The van der Waals surface area contributed by atoms with E-state index in [1.54, 1.807) is 11.1 Å². The number of allylic oxidation sites excluding steroid dienone is 4. The molecule has 168 valence electrons. The van der Waals surface area contributed by atoms with Gasteiger partial charge in [0.15, 0.2) is 0 Å². The third-order valence-electron chi connectivity index (χ3n) is 10.5. The predicted molar refractivity (Wildman–Crippen MR) is 128 cm³/mol. The van der Waals surface area contributed by atoms with Crippen LogP contribution in [0.5, 0.6) is 0 Å². The van der Waals surface area contributed by atoms with Crippen LogP contribution in [-0.4, -0.2) is 11.2 Å². The Morgan fingerprint density at radius 2 is 1.73 bits per heavy atom. The summed E-state index contributed by atoms with van der Waals surface area (Å²) in [5.74, 6) is 4.37. The minimum absolute atomic E-state index is 0.281. The van der Waals surface area contributed by atoms with Gasteiger partial charge in [0.2, 0.25) is 0 Å². The number of hydrogen-bond acceptors (Lipinski definition) is 1. The monoisotopic (exact) mass is 410 g/mol. The molecule has 4 rings (SSSR count). The summed E-state index contributed by atoms with van der Waals surface area (Å²) >= 11 is 0. The van der Waals surface area contributed by atoms with Crippen molar-refractivity contribution in [1.29, 1.82) is 0 Å². The topological polar surface area (TPSA) is 20.2 Å². The summed E-state index contributed by atoms with van der Waals surface area (Å²) in [7, 11) is 0. The van der Waals surface area contributed by atoms with Crippen molar-refractivity contribution < 1.29 is 5.11 Å². The summed E-state index contributed by atoms with van der Waals surface area (Å²) in [6.45, 7) is 19.1. The minimum Gasteiger partial charge on any atom is -0.389 e. The fraction of sp³-hybridized carbons (Fsp3) is 0.793. The molecule has 0 radical (unpaired) electrons. The standard InChI is InChI=1S/C29H46O/c1-18(2)19(3)8-9-20(4)23-12-13-25-22-10-11-24-21(5)27(30)15-17-29(24,7)26(22)14-16-28(23,25)6/h10,13,18-20,23-24,26-27,30H,5,8-9,11-12,14-17H2,1-4,6-7H3/t19-,20-,23-,24+,26+,27+,28-,29+/m1/s1. The van der Waals surface area contributed by atoms with Crippen LogP contribution in [0.25, 0.3) is 0 Å². The van der Waals surface area contributed by atoms with Gasteiger partial charge in [-0.2, -0.15) is 0 Å². The van der Waals surface area contributed by atoms with Crippen LogP contribution >= 0.6 is 0 Å². The summed E-state index contributed by atoms with van der Waals surface area (Å²) in [5.41, 5.74) is 5.18. The van der Waals surface area contributed by atoms with Gasteiger partial charge in [-0.25, -0.2) is 0 Å². The predicted octanol–water partition coefficient (Wildman–Crippen LogP) is 7.72. The second-order valence-electron chi connectivity index (χ2n) is 12.3. The summed E-state index contributed by atoms with van der Waals surface area (Å²) in [6.07, 6.45) is 14.7. The number of aliphatic hydroxyl groups is 1. The van der Waals surface area contributed by atoms with E-state index < -0.39 is 0 Å². The molecule has 0 aliphatic heterocycles. The molecular formula is C29H46O. The van der Waals surface area contributed by atoms with Gasteiger partial charge >= 0.3 is 0 Å². The molecule has 2 saturated carbocycles. The zero-order chi connectivity index (χ0) is 21.8. The lowest BCUT2D eigenvalue weighted by Gasteiger charge is -2.57. The van der Waals surface area contributed by atoms with Crippen molar-refractivity contribution >= 4 is 0 Å². The molecule has 0 spiro atoms. The first-order chi connectivity index (χ1) is 14.1.